The molecule has 1 aromatic carbocycles. The van der Waals surface area contributed by atoms with Crippen molar-refractivity contribution in [2.45, 2.75) is 66.2 Å². The molecule has 5 nitrogen and oxygen atoms in total. The number of rotatable bonds is 15. The first-order valence-corrected chi connectivity index (χ1v) is 17.3. The number of nitrogens with two attached hydrogens (primary N) is 1. The highest BCUT2D eigenvalue weighted by Gasteiger charge is 2.27. The Labute approximate surface area is 290 Å². The Bertz CT molecular complexity index is 1610. The normalized spacial score (nSPS) is 16.0. The van der Waals surface area contributed by atoms with Gasteiger partial charge in [0.05, 0.1) is 28.1 Å². The Balaban J connectivity index is 1.62. The van der Waals surface area contributed by atoms with E-state index in [2.05, 4.69) is 72.6 Å². The number of hydrogen-bond donors (Lipinski definition) is 2. The van der Waals surface area contributed by atoms with Gasteiger partial charge in [0.15, 0.2) is 0 Å². The van der Waals surface area contributed by atoms with Crippen molar-refractivity contribution in [1.82, 2.24) is 19.8 Å². The number of nitrogens with zero attached hydrogens (tertiary/aromatic N) is 3. The van der Waals surface area contributed by atoms with Crippen molar-refractivity contribution < 1.29 is 0 Å². The molecular weight excluding hydrogens is 633 g/mol. The molecule has 0 radical (unpaired) electrons. The van der Waals surface area contributed by atoms with Gasteiger partial charge in [-0.25, -0.2) is 4.98 Å². The second-order valence-electron chi connectivity index (χ2n) is 12.5. The van der Waals surface area contributed by atoms with Crippen molar-refractivity contribution in [2.24, 2.45) is 17.6 Å². The van der Waals surface area contributed by atoms with Crippen molar-refractivity contribution in [3.8, 4) is 11.1 Å². The number of benzene rings is 1. The van der Waals surface area contributed by atoms with E-state index in [1.165, 1.54) is 0 Å². The zero-order valence-electron chi connectivity index (χ0n) is 27.8. The summed E-state index contributed by atoms with van der Waals surface area (Å²) in [5, 5.41) is 5.53. The summed E-state index contributed by atoms with van der Waals surface area (Å²) in [6, 6.07) is 10.2. The van der Waals surface area contributed by atoms with Crippen molar-refractivity contribution in [3.05, 3.63) is 105 Å². The molecule has 246 valence electrons. The van der Waals surface area contributed by atoms with Gasteiger partial charge in [-0.2, -0.15) is 0 Å². The second kappa shape index (κ2) is 17.0. The number of nitrogens with one attached hydrogen (secondary N) is 1. The molecule has 3 N–H and O–H groups in total. The van der Waals surface area contributed by atoms with E-state index in [9.17, 15) is 0 Å². The van der Waals surface area contributed by atoms with E-state index in [1.807, 2.05) is 38.4 Å². The van der Waals surface area contributed by atoms with Crippen molar-refractivity contribution in [1.29, 1.82) is 0 Å². The molecule has 0 saturated carbocycles. The summed E-state index contributed by atoms with van der Waals surface area (Å²) in [5.41, 5.74) is 14.4. The van der Waals surface area contributed by atoms with Gasteiger partial charge in [-0.05, 0) is 81.9 Å². The topological polar surface area (TPSA) is 59.1 Å². The summed E-state index contributed by atoms with van der Waals surface area (Å²) in [7, 11) is 4.09. The lowest BCUT2D eigenvalue weighted by Gasteiger charge is -2.25. The maximum Gasteiger partial charge on any atom is 0.0701 e. The summed E-state index contributed by atoms with van der Waals surface area (Å²) in [4.78, 5) is 7.16. The number of allylic oxidation sites excluding steroid dienone is 6. The van der Waals surface area contributed by atoms with Crippen LogP contribution >= 0.6 is 34.8 Å². The van der Waals surface area contributed by atoms with Crippen LogP contribution in [0.5, 0.6) is 0 Å². The lowest BCUT2D eigenvalue weighted by molar-refractivity contribution is 0.387. The number of halogens is 3. The second-order valence-corrected chi connectivity index (χ2v) is 13.7. The van der Waals surface area contributed by atoms with Gasteiger partial charge in [-0.3, -0.25) is 0 Å². The van der Waals surface area contributed by atoms with Crippen LogP contribution < -0.4 is 11.1 Å². The first kappa shape index (κ1) is 36.2. The SMILES string of the molecule is C=Cc1nc(C2=C(Cl)C(c3cccc(-c4cc(CN(C)C)n(CN)c4)c3Cl)=CCC2C)cc(Cl)c1CNCC(C)CC/C=C/CC. The van der Waals surface area contributed by atoms with Gasteiger partial charge in [0.25, 0.3) is 0 Å². The van der Waals surface area contributed by atoms with Crippen LogP contribution in [-0.2, 0) is 19.8 Å². The molecule has 4 rings (SSSR count). The molecule has 0 saturated heterocycles. The Morgan fingerprint density at radius 1 is 1.17 bits per heavy atom. The molecule has 2 aromatic heterocycles. The lowest BCUT2D eigenvalue weighted by Crippen LogP contribution is -2.22. The molecule has 0 fully saturated rings. The third-order valence-electron chi connectivity index (χ3n) is 8.50. The lowest BCUT2D eigenvalue weighted by atomic mass is 9.84. The van der Waals surface area contributed by atoms with E-state index in [0.717, 1.165) is 89.3 Å². The van der Waals surface area contributed by atoms with Crippen molar-refractivity contribution >= 4 is 52.0 Å². The molecule has 0 bridgehead atoms. The monoisotopic (exact) mass is 679 g/mol. The molecule has 2 heterocycles. The van der Waals surface area contributed by atoms with Crippen LogP contribution in [-0.4, -0.2) is 35.1 Å². The van der Waals surface area contributed by atoms with E-state index >= 15 is 0 Å². The first-order valence-electron chi connectivity index (χ1n) is 16.2. The Morgan fingerprint density at radius 3 is 2.63 bits per heavy atom. The summed E-state index contributed by atoms with van der Waals surface area (Å²) in [6.45, 7) is 13.4. The highest BCUT2D eigenvalue weighted by molar-refractivity contribution is 6.42. The molecule has 0 aliphatic heterocycles. The molecule has 1 aliphatic rings. The standard InChI is InChI=1S/C38H48Cl3N5/c1-7-9-10-11-13-25(3)20-43-21-32-33(39)19-35(44-34(32)8-2)36-26(4)16-17-31(38(36)41)30-15-12-14-29(37(30)40)27-18-28(23-45(5)6)46(22-27)24-42/h8-10,12,14-15,17-19,22,25-26,43H,2,7,11,13,16,20-21,23-24,42H2,1,3-6H3/b10-9+. The largest absolute Gasteiger partial charge is 0.337 e. The van der Waals surface area contributed by atoms with Gasteiger partial charge in [-0.1, -0.05) is 98.6 Å². The summed E-state index contributed by atoms with van der Waals surface area (Å²) >= 11 is 21.4. The minimum atomic E-state index is 0.151. The zero-order chi connectivity index (χ0) is 33.4. The van der Waals surface area contributed by atoms with E-state index in [1.54, 1.807) is 6.08 Å². The van der Waals surface area contributed by atoms with Gasteiger partial charge < -0.3 is 20.5 Å². The van der Waals surface area contributed by atoms with E-state index in [4.69, 9.17) is 45.5 Å². The average Bonchev–Trinajstić information content (AvgIpc) is 3.42. The summed E-state index contributed by atoms with van der Waals surface area (Å²) in [5.74, 6) is 0.709. The van der Waals surface area contributed by atoms with Crippen molar-refractivity contribution in [2.75, 3.05) is 20.6 Å². The van der Waals surface area contributed by atoms with E-state index < -0.39 is 0 Å². The zero-order valence-corrected chi connectivity index (χ0v) is 30.1. The van der Waals surface area contributed by atoms with Gasteiger partial charge in [0.1, 0.15) is 0 Å². The molecule has 46 heavy (non-hydrogen) atoms. The minimum Gasteiger partial charge on any atom is -0.337 e. The van der Waals surface area contributed by atoms with Crippen LogP contribution in [0.2, 0.25) is 10.0 Å². The van der Waals surface area contributed by atoms with Gasteiger partial charge in [-0.15, -0.1) is 0 Å². The molecule has 8 heteroatoms. The maximum atomic E-state index is 7.26. The Kier molecular flexibility index (Phi) is 13.3. The summed E-state index contributed by atoms with van der Waals surface area (Å²) < 4.78 is 2.06. The fourth-order valence-electron chi connectivity index (χ4n) is 6.00. The Hall–Kier alpha value is -2.64. The van der Waals surface area contributed by atoms with Gasteiger partial charge in [0.2, 0.25) is 0 Å². The molecule has 0 amide bonds. The first-order chi connectivity index (χ1) is 22.1. The van der Waals surface area contributed by atoms with Crippen LogP contribution in [0.1, 0.15) is 74.7 Å². The number of aromatic nitrogens is 2. The highest BCUT2D eigenvalue weighted by Crippen LogP contribution is 2.46. The molecule has 0 spiro atoms. The quantitative estimate of drug-likeness (QED) is 0.157. The molecule has 2 atom stereocenters. The third-order valence-corrected chi connectivity index (χ3v) is 9.65. The smallest absolute Gasteiger partial charge is 0.0701 e. The van der Waals surface area contributed by atoms with Crippen LogP contribution in [0.15, 0.2) is 66.4 Å². The van der Waals surface area contributed by atoms with E-state index in [-0.39, 0.29) is 5.92 Å². The molecule has 3 aromatic rings. The predicted molar refractivity (Wildman–Crippen MR) is 200 cm³/mol. The molecule has 1 aliphatic carbocycles. The highest BCUT2D eigenvalue weighted by atomic mass is 35.5. The van der Waals surface area contributed by atoms with Crippen LogP contribution in [0.25, 0.3) is 28.3 Å². The summed E-state index contributed by atoms with van der Waals surface area (Å²) in [6.07, 6.45) is 14.7. The molecular formula is C38H48Cl3N5. The molecule has 2 unspecified atom stereocenters. The van der Waals surface area contributed by atoms with Crippen LogP contribution in [0, 0.1) is 11.8 Å². The number of pyridine rings is 1. The minimum absolute atomic E-state index is 0.151. The maximum absolute atomic E-state index is 7.26. The Morgan fingerprint density at radius 2 is 1.93 bits per heavy atom. The third kappa shape index (κ3) is 8.63. The van der Waals surface area contributed by atoms with Crippen molar-refractivity contribution in [3.63, 3.8) is 0 Å². The van der Waals surface area contributed by atoms with Crippen LogP contribution in [0.4, 0.5) is 0 Å². The fraction of sp³-hybridized carbons (Fsp3) is 0.395. The number of hydrogen-bond acceptors (Lipinski definition) is 4. The van der Waals surface area contributed by atoms with Gasteiger partial charge >= 0.3 is 0 Å². The predicted octanol–water partition coefficient (Wildman–Crippen LogP) is 10.0. The fourth-order valence-corrected chi connectivity index (χ4v) is 7.07. The van der Waals surface area contributed by atoms with Crippen LogP contribution in [0.3, 0.4) is 0 Å². The van der Waals surface area contributed by atoms with E-state index in [0.29, 0.717) is 34.2 Å². The van der Waals surface area contributed by atoms with Gasteiger partial charge in [0, 0.05) is 57.8 Å². The average molecular weight is 681 g/mol.